The average Bonchev–Trinajstić information content (AvgIpc) is 2.70. The topological polar surface area (TPSA) is 95.1 Å². The van der Waals surface area contributed by atoms with Crippen molar-refractivity contribution in [2.24, 2.45) is 0 Å². The molecule has 0 saturated heterocycles. The van der Waals surface area contributed by atoms with Gasteiger partial charge in [0.1, 0.15) is 5.75 Å². The van der Waals surface area contributed by atoms with Crippen LogP contribution in [0.5, 0.6) is 5.75 Å². The molecule has 1 aromatic heterocycles. The van der Waals surface area contributed by atoms with Gasteiger partial charge in [0.15, 0.2) is 0 Å². The monoisotopic (exact) mass is 239 g/mol. The van der Waals surface area contributed by atoms with Crippen molar-refractivity contribution < 1.29 is 13.5 Å². The summed E-state index contributed by atoms with van der Waals surface area (Å²) in [5.74, 6) is 0.157. The molecule has 7 heteroatoms. The zero-order valence-electron chi connectivity index (χ0n) is 8.08. The number of sulfonamides is 1. The maximum absolute atomic E-state index is 11.8. The summed E-state index contributed by atoms with van der Waals surface area (Å²) in [6, 6.07) is 5.22. The van der Waals surface area contributed by atoms with E-state index in [4.69, 9.17) is 5.11 Å². The van der Waals surface area contributed by atoms with Crippen molar-refractivity contribution in [3.63, 3.8) is 0 Å². The summed E-state index contributed by atoms with van der Waals surface area (Å²) in [5.41, 5.74) is 0. The number of phenols is 1. The largest absolute Gasteiger partial charge is 0.508 e. The number of aromatic nitrogens is 2. The van der Waals surface area contributed by atoms with Crippen LogP contribution in [0.3, 0.4) is 0 Å². The predicted octanol–water partition coefficient (Wildman–Crippen LogP) is 0.916. The van der Waals surface area contributed by atoms with Crippen LogP contribution in [0.15, 0.2) is 41.6 Å². The summed E-state index contributed by atoms with van der Waals surface area (Å²) in [5, 5.41) is 9.05. The highest BCUT2D eigenvalue weighted by Gasteiger charge is 2.14. The molecular formula is C9H9N3O3S. The maximum Gasteiger partial charge on any atom is 0.264 e. The number of benzene rings is 1. The smallest absolute Gasteiger partial charge is 0.264 e. The van der Waals surface area contributed by atoms with Crippen LogP contribution in [-0.2, 0) is 10.0 Å². The fourth-order valence-electron chi connectivity index (χ4n) is 1.13. The molecule has 0 fully saturated rings. The van der Waals surface area contributed by atoms with Crippen molar-refractivity contribution in [3.05, 3.63) is 36.7 Å². The Labute approximate surface area is 92.0 Å². The fourth-order valence-corrected chi connectivity index (χ4v) is 2.11. The van der Waals surface area contributed by atoms with E-state index in [0.29, 0.717) is 0 Å². The first-order valence-corrected chi connectivity index (χ1v) is 5.87. The molecule has 1 heterocycles. The molecule has 0 unspecified atom stereocenters. The first-order valence-electron chi connectivity index (χ1n) is 4.39. The third-order valence-electron chi connectivity index (χ3n) is 1.88. The predicted molar refractivity (Wildman–Crippen MR) is 57.5 cm³/mol. The molecule has 0 spiro atoms. The van der Waals surface area contributed by atoms with Crippen LogP contribution in [0.2, 0.25) is 0 Å². The number of hydrogen-bond acceptors (Lipinski definition) is 4. The van der Waals surface area contributed by atoms with Crippen molar-refractivity contribution in [2.75, 3.05) is 4.72 Å². The number of rotatable bonds is 3. The molecule has 0 aliphatic heterocycles. The third-order valence-corrected chi connectivity index (χ3v) is 3.23. The third kappa shape index (κ3) is 2.14. The van der Waals surface area contributed by atoms with E-state index in [1.54, 1.807) is 0 Å². The van der Waals surface area contributed by atoms with Crippen LogP contribution < -0.4 is 4.72 Å². The van der Waals surface area contributed by atoms with Gasteiger partial charge in [-0.3, -0.25) is 0 Å². The molecule has 0 aliphatic rings. The van der Waals surface area contributed by atoms with Gasteiger partial charge in [-0.05, 0) is 24.3 Å². The molecule has 2 rings (SSSR count). The molecule has 16 heavy (non-hydrogen) atoms. The Kier molecular flexibility index (Phi) is 2.53. The van der Waals surface area contributed by atoms with E-state index in [2.05, 4.69) is 14.7 Å². The van der Waals surface area contributed by atoms with Gasteiger partial charge in [-0.2, -0.15) is 0 Å². The Morgan fingerprint density at radius 1 is 1.25 bits per heavy atom. The van der Waals surface area contributed by atoms with Gasteiger partial charge in [0.05, 0.1) is 4.90 Å². The number of hydrogen-bond donors (Lipinski definition) is 3. The minimum Gasteiger partial charge on any atom is -0.508 e. The van der Waals surface area contributed by atoms with Gasteiger partial charge in [-0.1, -0.05) is 0 Å². The second-order valence-corrected chi connectivity index (χ2v) is 4.72. The van der Waals surface area contributed by atoms with Gasteiger partial charge in [-0.15, -0.1) is 0 Å². The first-order chi connectivity index (χ1) is 7.58. The molecule has 2 aromatic rings. The Morgan fingerprint density at radius 3 is 2.50 bits per heavy atom. The minimum atomic E-state index is -3.65. The van der Waals surface area contributed by atoms with Crippen LogP contribution in [0.4, 0.5) is 5.95 Å². The van der Waals surface area contributed by atoms with Crippen LogP contribution in [0.1, 0.15) is 0 Å². The molecular weight excluding hydrogens is 230 g/mol. The Hall–Kier alpha value is -2.02. The molecule has 0 atom stereocenters. The maximum atomic E-state index is 11.8. The summed E-state index contributed by atoms with van der Waals surface area (Å²) in [6.45, 7) is 0. The Bertz CT molecular complexity index is 561. The highest BCUT2D eigenvalue weighted by molar-refractivity contribution is 7.92. The molecule has 0 aliphatic carbocycles. The number of phenolic OH excluding ortho intramolecular Hbond substituents is 1. The lowest BCUT2D eigenvalue weighted by Crippen LogP contribution is -2.13. The second kappa shape index (κ2) is 3.86. The number of aromatic amines is 1. The standard InChI is InChI=1S/C9H9N3O3S/c13-7-1-3-8(4-2-7)16(14,15)12-9-10-5-6-11-9/h1-6,13H,(H2,10,11,12). The van der Waals surface area contributed by atoms with E-state index in [0.717, 1.165) is 0 Å². The molecule has 0 amide bonds. The lowest BCUT2D eigenvalue weighted by molar-refractivity contribution is 0.475. The van der Waals surface area contributed by atoms with E-state index in [9.17, 15) is 8.42 Å². The van der Waals surface area contributed by atoms with E-state index >= 15 is 0 Å². The van der Waals surface area contributed by atoms with Crippen LogP contribution in [0.25, 0.3) is 0 Å². The minimum absolute atomic E-state index is 0.0111. The molecule has 0 radical (unpaired) electrons. The van der Waals surface area contributed by atoms with Gasteiger partial charge in [0.25, 0.3) is 10.0 Å². The van der Waals surface area contributed by atoms with E-state index < -0.39 is 10.0 Å². The van der Waals surface area contributed by atoms with Crippen LogP contribution in [-0.4, -0.2) is 23.5 Å². The summed E-state index contributed by atoms with van der Waals surface area (Å²) in [6.07, 6.45) is 2.95. The quantitative estimate of drug-likeness (QED) is 0.742. The van der Waals surface area contributed by atoms with Crippen LogP contribution >= 0.6 is 0 Å². The summed E-state index contributed by atoms with van der Waals surface area (Å²) in [7, 11) is -3.65. The Balaban J connectivity index is 2.29. The Morgan fingerprint density at radius 2 is 1.94 bits per heavy atom. The number of aromatic hydroxyl groups is 1. The van der Waals surface area contributed by atoms with Crippen molar-refractivity contribution in [1.29, 1.82) is 0 Å². The highest BCUT2D eigenvalue weighted by atomic mass is 32.2. The van der Waals surface area contributed by atoms with Crippen molar-refractivity contribution in [3.8, 4) is 5.75 Å². The lowest BCUT2D eigenvalue weighted by Gasteiger charge is -2.04. The van der Waals surface area contributed by atoms with Crippen molar-refractivity contribution >= 4 is 16.0 Å². The van der Waals surface area contributed by atoms with Crippen molar-refractivity contribution in [2.45, 2.75) is 4.90 Å². The average molecular weight is 239 g/mol. The molecule has 84 valence electrons. The van der Waals surface area contributed by atoms with Crippen molar-refractivity contribution in [1.82, 2.24) is 9.97 Å². The second-order valence-electron chi connectivity index (χ2n) is 3.04. The number of anilines is 1. The van der Waals surface area contributed by atoms with Gasteiger partial charge in [-0.25, -0.2) is 18.1 Å². The molecule has 3 N–H and O–H groups in total. The van der Waals surface area contributed by atoms with Gasteiger partial charge in [0, 0.05) is 12.4 Å². The molecule has 0 saturated carbocycles. The highest BCUT2D eigenvalue weighted by Crippen LogP contribution is 2.16. The molecule has 1 aromatic carbocycles. The zero-order valence-corrected chi connectivity index (χ0v) is 8.90. The number of H-pyrrole nitrogens is 1. The molecule has 0 bridgehead atoms. The SMILES string of the molecule is O=S(=O)(Nc1ncc[nH]1)c1ccc(O)cc1. The van der Waals surface area contributed by atoms with E-state index in [-0.39, 0.29) is 16.6 Å². The van der Waals surface area contributed by atoms with Gasteiger partial charge in [0.2, 0.25) is 5.95 Å². The van der Waals surface area contributed by atoms with E-state index in [1.165, 1.54) is 36.7 Å². The number of nitrogens with one attached hydrogen (secondary N) is 2. The number of nitrogens with zero attached hydrogens (tertiary/aromatic N) is 1. The summed E-state index contributed by atoms with van der Waals surface area (Å²) < 4.78 is 25.8. The summed E-state index contributed by atoms with van der Waals surface area (Å²) in [4.78, 5) is 6.43. The van der Waals surface area contributed by atoms with E-state index in [1.807, 2.05) is 0 Å². The van der Waals surface area contributed by atoms with Crippen LogP contribution in [0, 0.1) is 0 Å². The number of imidazole rings is 1. The summed E-state index contributed by atoms with van der Waals surface area (Å²) >= 11 is 0. The normalized spacial score (nSPS) is 11.2. The first kappa shape index (κ1) is 10.5. The zero-order chi connectivity index (χ0) is 11.6. The fraction of sp³-hybridized carbons (Fsp3) is 0. The van der Waals surface area contributed by atoms with Gasteiger partial charge >= 0.3 is 0 Å². The lowest BCUT2D eigenvalue weighted by atomic mass is 10.3. The van der Waals surface area contributed by atoms with Gasteiger partial charge < -0.3 is 10.1 Å². The molecule has 6 nitrogen and oxygen atoms in total.